The highest BCUT2D eigenvalue weighted by Gasteiger charge is 2.11. The largest absolute Gasteiger partial charge is 0.366 e. The first-order chi connectivity index (χ1) is 11.6. The first kappa shape index (κ1) is 16.1. The van der Waals surface area contributed by atoms with Crippen molar-refractivity contribution in [1.82, 2.24) is 15.0 Å². The summed E-state index contributed by atoms with van der Waals surface area (Å²) in [7, 11) is 0. The third-order valence-corrected chi connectivity index (χ3v) is 3.44. The fourth-order valence-electron chi connectivity index (χ4n) is 2.41. The van der Waals surface area contributed by atoms with Crippen LogP contribution in [0.3, 0.4) is 0 Å². The van der Waals surface area contributed by atoms with Crippen LogP contribution < -0.4 is 10.6 Å². The van der Waals surface area contributed by atoms with Crippen LogP contribution in [-0.4, -0.2) is 27.5 Å². The summed E-state index contributed by atoms with van der Waals surface area (Å²) in [6.07, 6.45) is 0. The Morgan fingerprint density at radius 1 is 1.00 bits per heavy atom. The molecule has 2 heterocycles. The molecule has 0 aliphatic heterocycles. The van der Waals surface area contributed by atoms with E-state index in [4.69, 9.17) is 4.98 Å². The molecule has 0 spiro atoms. The molecule has 0 saturated carbocycles. The van der Waals surface area contributed by atoms with Crippen LogP contribution in [0.5, 0.6) is 0 Å². The Balaban J connectivity index is 2.12. The number of aromatic nitrogens is 3. The van der Waals surface area contributed by atoms with Gasteiger partial charge in [-0.2, -0.15) is 4.98 Å². The summed E-state index contributed by atoms with van der Waals surface area (Å²) in [6, 6.07) is 10.3. The molecule has 5 nitrogen and oxygen atoms in total. The molecule has 0 amide bonds. The van der Waals surface area contributed by atoms with Crippen LogP contribution in [0.25, 0.3) is 22.3 Å². The van der Waals surface area contributed by atoms with Gasteiger partial charge in [0.1, 0.15) is 11.3 Å². The molecule has 3 rings (SSSR count). The summed E-state index contributed by atoms with van der Waals surface area (Å²) in [5.74, 6) is 1.000. The van der Waals surface area contributed by atoms with Crippen molar-refractivity contribution in [1.29, 1.82) is 0 Å². The molecule has 6 heteroatoms. The molecule has 0 aliphatic carbocycles. The fraction of sp³-hybridized carbons (Fsp3) is 0.278. The van der Waals surface area contributed by atoms with Gasteiger partial charge in [-0.3, -0.25) is 0 Å². The molecule has 0 aliphatic rings. The second-order valence-electron chi connectivity index (χ2n) is 5.80. The van der Waals surface area contributed by atoms with Gasteiger partial charge in [0, 0.05) is 18.2 Å². The Labute approximate surface area is 140 Å². The van der Waals surface area contributed by atoms with E-state index in [1.165, 1.54) is 12.1 Å². The Bertz CT molecular complexity index is 846. The molecule has 2 N–H and O–H groups in total. The Morgan fingerprint density at radius 3 is 2.42 bits per heavy atom. The van der Waals surface area contributed by atoms with E-state index in [1.54, 1.807) is 12.1 Å². The normalized spacial score (nSPS) is 11.0. The lowest BCUT2D eigenvalue weighted by Gasteiger charge is -2.13. The van der Waals surface area contributed by atoms with Gasteiger partial charge in [0.25, 0.3) is 0 Å². The monoisotopic (exact) mass is 325 g/mol. The van der Waals surface area contributed by atoms with Gasteiger partial charge in [0.05, 0.1) is 11.2 Å². The van der Waals surface area contributed by atoms with Crippen molar-refractivity contribution >= 4 is 22.8 Å². The highest BCUT2D eigenvalue weighted by Crippen LogP contribution is 2.25. The molecule has 0 fully saturated rings. The second-order valence-corrected chi connectivity index (χ2v) is 5.80. The van der Waals surface area contributed by atoms with E-state index in [0.717, 1.165) is 23.3 Å². The number of fused-ring (bicyclic) bond motifs is 1. The standard InChI is InChI=1S/C18H20FN5/c1-4-20-18-23-15-10-9-14(12-5-7-13(19)8-6-12)22-16(15)17(24-18)21-11(2)3/h5-11H,4H2,1-3H3,(H2,20,21,23,24). The van der Waals surface area contributed by atoms with E-state index in [0.29, 0.717) is 17.3 Å². The molecule has 0 saturated heterocycles. The van der Waals surface area contributed by atoms with E-state index >= 15 is 0 Å². The molecule has 2 aromatic heterocycles. The molecule has 1 aromatic carbocycles. The van der Waals surface area contributed by atoms with Crippen LogP contribution in [0.15, 0.2) is 36.4 Å². The van der Waals surface area contributed by atoms with Gasteiger partial charge in [0.15, 0.2) is 5.82 Å². The zero-order valence-corrected chi connectivity index (χ0v) is 14.0. The van der Waals surface area contributed by atoms with Crippen molar-refractivity contribution in [3.05, 3.63) is 42.2 Å². The van der Waals surface area contributed by atoms with Crippen molar-refractivity contribution in [3.63, 3.8) is 0 Å². The van der Waals surface area contributed by atoms with E-state index in [9.17, 15) is 4.39 Å². The van der Waals surface area contributed by atoms with Crippen LogP contribution in [0.4, 0.5) is 16.2 Å². The van der Waals surface area contributed by atoms with E-state index < -0.39 is 0 Å². The summed E-state index contributed by atoms with van der Waals surface area (Å²) in [5.41, 5.74) is 3.07. The number of rotatable bonds is 5. The molecule has 3 aromatic rings. The van der Waals surface area contributed by atoms with Gasteiger partial charge in [0.2, 0.25) is 5.95 Å². The summed E-state index contributed by atoms with van der Waals surface area (Å²) in [5, 5.41) is 6.45. The van der Waals surface area contributed by atoms with Crippen molar-refractivity contribution in [2.45, 2.75) is 26.8 Å². The average Bonchev–Trinajstić information content (AvgIpc) is 2.55. The Kier molecular flexibility index (Phi) is 4.55. The second kappa shape index (κ2) is 6.78. The SMILES string of the molecule is CCNc1nc(NC(C)C)c2nc(-c3ccc(F)cc3)ccc2n1. The van der Waals surface area contributed by atoms with Crippen molar-refractivity contribution in [3.8, 4) is 11.3 Å². The zero-order chi connectivity index (χ0) is 17.1. The van der Waals surface area contributed by atoms with Gasteiger partial charge >= 0.3 is 0 Å². The quantitative estimate of drug-likeness (QED) is 0.740. The Morgan fingerprint density at radius 2 is 1.75 bits per heavy atom. The van der Waals surface area contributed by atoms with E-state index in [2.05, 4.69) is 20.6 Å². The van der Waals surface area contributed by atoms with Gasteiger partial charge in [-0.1, -0.05) is 0 Å². The zero-order valence-electron chi connectivity index (χ0n) is 14.0. The van der Waals surface area contributed by atoms with E-state index in [-0.39, 0.29) is 11.9 Å². The fourth-order valence-corrected chi connectivity index (χ4v) is 2.41. The third kappa shape index (κ3) is 3.42. The molecule has 0 unspecified atom stereocenters. The summed E-state index contributed by atoms with van der Waals surface area (Å²) >= 11 is 0. The molecular formula is C18H20FN5. The maximum atomic E-state index is 13.1. The Hall–Kier alpha value is -2.76. The number of halogens is 1. The maximum Gasteiger partial charge on any atom is 0.225 e. The maximum absolute atomic E-state index is 13.1. The molecular weight excluding hydrogens is 305 g/mol. The van der Waals surface area contributed by atoms with Crippen LogP contribution >= 0.6 is 0 Å². The van der Waals surface area contributed by atoms with Crippen molar-refractivity contribution in [2.75, 3.05) is 17.2 Å². The highest BCUT2D eigenvalue weighted by molar-refractivity contribution is 5.88. The van der Waals surface area contributed by atoms with E-state index in [1.807, 2.05) is 32.9 Å². The predicted molar refractivity (Wildman–Crippen MR) is 95.6 cm³/mol. The molecule has 0 radical (unpaired) electrons. The number of nitrogens with one attached hydrogen (secondary N) is 2. The number of hydrogen-bond donors (Lipinski definition) is 2. The summed E-state index contributed by atoms with van der Waals surface area (Å²) in [4.78, 5) is 13.7. The van der Waals surface area contributed by atoms with Crippen LogP contribution in [0, 0.1) is 5.82 Å². The lowest BCUT2D eigenvalue weighted by Crippen LogP contribution is -2.14. The minimum Gasteiger partial charge on any atom is -0.366 e. The van der Waals surface area contributed by atoms with Gasteiger partial charge in [-0.05, 0) is 57.2 Å². The van der Waals surface area contributed by atoms with Crippen molar-refractivity contribution in [2.24, 2.45) is 0 Å². The van der Waals surface area contributed by atoms with Crippen molar-refractivity contribution < 1.29 is 4.39 Å². The minimum atomic E-state index is -0.264. The van der Waals surface area contributed by atoms with Crippen LogP contribution in [-0.2, 0) is 0 Å². The number of hydrogen-bond acceptors (Lipinski definition) is 5. The van der Waals surface area contributed by atoms with Crippen LogP contribution in [0.2, 0.25) is 0 Å². The van der Waals surface area contributed by atoms with Gasteiger partial charge in [-0.25, -0.2) is 14.4 Å². The number of benzene rings is 1. The lowest BCUT2D eigenvalue weighted by molar-refractivity contribution is 0.628. The first-order valence-electron chi connectivity index (χ1n) is 8.02. The third-order valence-electron chi connectivity index (χ3n) is 3.44. The molecule has 0 atom stereocenters. The molecule has 0 bridgehead atoms. The number of anilines is 2. The first-order valence-corrected chi connectivity index (χ1v) is 8.02. The minimum absolute atomic E-state index is 0.217. The molecule has 124 valence electrons. The topological polar surface area (TPSA) is 62.7 Å². The van der Waals surface area contributed by atoms with Gasteiger partial charge < -0.3 is 10.6 Å². The van der Waals surface area contributed by atoms with Gasteiger partial charge in [-0.15, -0.1) is 0 Å². The predicted octanol–water partition coefficient (Wildman–Crippen LogP) is 4.08. The number of pyridine rings is 1. The smallest absolute Gasteiger partial charge is 0.225 e. The summed E-state index contributed by atoms with van der Waals surface area (Å²) < 4.78 is 13.1. The highest BCUT2D eigenvalue weighted by atomic mass is 19.1. The van der Waals surface area contributed by atoms with Crippen LogP contribution in [0.1, 0.15) is 20.8 Å². The molecule has 24 heavy (non-hydrogen) atoms. The summed E-state index contributed by atoms with van der Waals surface area (Å²) in [6.45, 7) is 6.84. The number of nitrogens with zero attached hydrogens (tertiary/aromatic N) is 3. The average molecular weight is 325 g/mol. The lowest BCUT2D eigenvalue weighted by atomic mass is 10.1.